The first-order valence-corrected chi connectivity index (χ1v) is 8.25. The zero-order valence-corrected chi connectivity index (χ0v) is 13.8. The van der Waals surface area contributed by atoms with Crippen LogP contribution in [-0.2, 0) is 13.2 Å². The normalized spacial score (nSPS) is 10.9. The number of anilines is 1. The van der Waals surface area contributed by atoms with E-state index < -0.39 is 0 Å². The largest absolute Gasteiger partial charge is 0.489 e. The Kier molecular flexibility index (Phi) is 4.09. The predicted octanol–water partition coefficient (Wildman–Crippen LogP) is 4.25. The lowest BCUT2D eigenvalue weighted by atomic mass is 10.2. The van der Waals surface area contributed by atoms with Crippen molar-refractivity contribution in [1.29, 1.82) is 0 Å². The van der Waals surface area contributed by atoms with Crippen LogP contribution in [0.1, 0.15) is 11.1 Å². The van der Waals surface area contributed by atoms with Crippen molar-refractivity contribution in [2.45, 2.75) is 13.2 Å². The number of ether oxygens (including phenoxy) is 1. The number of rotatable bonds is 5. The Hall–Kier alpha value is -3.27. The topological polar surface area (TPSA) is 53.1 Å². The summed E-state index contributed by atoms with van der Waals surface area (Å²) in [6.45, 7) is 1.24. The van der Waals surface area contributed by atoms with E-state index in [1.54, 1.807) is 0 Å². The highest BCUT2D eigenvalue weighted by Gasteiger charge is 2.06. The highest BCUT2D eigenvalue weighted by atomic mass is 16.5. The van der Waals surface area contributed by atoms with Crippen molar-refractivity contribution < 1.29 is 4.74 Å². The SMILES string of the molecule is Nc1cccc2c1cnn2Cc1cccc(OCc2ccccc2)c1. The van der Waals surface area contributed by atoms with Gasteiger partial charge in [0.2, 0.25) is 0 Å². The first kappa shape index (κ1) is 15.3. The van der Waals surface area contributed by atoms with E-state index in [1.165, 1.54) is 0 Å². The second-order valence-electron chi connectivity index (χ2n) is 6.00. The number of aromatic nitrogens is 2. The molecule has 3 aromatic carbocycles. The molecule has 4 heteroatoms. The summed E-state index contributed by atoms with van der Waals surface area (Å²) in [6.07, 6.45) is 1.82. The third-order valence-electron chi connectivity index (χ3n) is 4.20. The lowest BCUT2D eigenvalue weighted by molar-refractivity contribution is 0.306. The van der Waals surface area contributed by atoms with Crippen molar-refractivity contribution in [3.8, 4) is 5.75 Å². The standard InChI is InChI=1S/C21H19N3O/c22-20-10-5-11-21-19(20)13-23-24(21)14-17-8-4-9-18(12-17)25-15-16-6-2-1-3-7-16/h1-13H,14-15,22H2. The van der Waals surface area contributed by atoms with Crippen molar-refractivity contribution in [1.82, 2.24) is 9.78 Å². The summed E-state index contributed by atoms with van der Waals surface area (Å²) in [5, 5.41) is 5.46. The van der Waals surface area contributed by atoms with Gasteiger partial charge in [-0.25, -0.2) is 0 Å². The molecule has 1 aromatic heterocycles. The fourth-order valence-corrected chi connectivity index (χ4v) is 2.90. The van der Waals surface area contributed by atoms with Gasteiger partial charge in [0.1, 0.15) is 12.4 Å². The van der Waals surface area contributed by atoms with Crippen LogP contribution in [0.25, 0.3) is 10.9 Å². The van der Waals surface area contributed by atoms with E-state index >= 15 is 0 Å². The van der Waals surface area contributed by atoms with Crippen LogP contribution >= 0.6 is 0 Å². The number of benzene rings is 3. The molecule has 0 saturated heterocycles. The Morgan fingerprint density at radius 2 is 1.68 bits per heavy atom. The number of hydrogen-bond donors (Lipinski definition) is 1. The molecule has 0 spiro atoms. The fourth-order valence-electron chi connectivity index (χ4n) is 2.90. The number of nitrogens with two attached hydrogens (primary N) is 1. The number of fused-ring (bicyclic) bond motifs is 1. The molecule has 0 unspecified atom stereocenters. The van der Waals surface area contributed by atoms with Crippen molar-refractivity contribution in [3.05, 3.63) is 90.1 Å². The van der Waals surface area contributed by atoms with Gasteiger partial charge in [-0.15, -0.1) is 0 Å². The van der Waals surface area contributed by atoms with Crippen molar-refractivity contribution in [3.63, 3.8) is 0 Å². The van der Waals surface area contributed by atoms with Gasteiger partial charge in [0.05, 0.1) is 18.3 Å². The second-order valence-corrected chi connectivity index (χ2v) is 6.00. The van der Waals surface area contributed by atoms with Gasteiger partial charge in [0, 0.05) is 11.1 Å². The van der Waals surface area contributed by atoms with Crippen molar-refractivity contribution >= 4 is 16.6 Å². The summed E-state index contributed by atoms with van der Waals surface area (Å²) >= 11 is 0. The summed E-state index contributed by atoms with van der Waals surface area (Å²) < 4.78 is 7.87. The summed E-state index contributed by atoms with van der Waals surface area (Å²) in [5.41, 5.74) is 10.1. The van der Waals surface area contributed by atoms with Crippen LogP contribution in [0.4, 0.5) is 5.69 Å². The predicted molar refractivity (Wildman–Crippen MR) is 100 cm³/mol. The van der Waals surface area contributed by atoms with Crippen LogP contribution in [0.2, 0.25) is 0 Å². The summed E-state index contributed by atoms with van der Waals surface area (Å²) in [5.74, 6) is 0.859. The molecule has 4 aromatic rings. The minimum atomic E-state index is 0.561. The number of nitrogen functional groups attached to an aromatic ring is 1. The molecule has 0 atom stereocenters. The lowest BCUT2D eigenvalue weighted by Gasteiger charge is -2.09. The highest BCUT2D eigenvalue weighted by Crippen LogP contribution is 2.22. The minimum absolute atomic E-state index is 0.561. The monoisotopic (exact) mass is 329 g/mol. The quantitative estimate of drug-likeness (QED) is 0.557. The molecule has 4 rings (SSSR count). The van der Waals surface area contributed by atoms with Gasteiger partial charge in [0.25, 0.3) is 0 Å². The molecular weight excluding hydrogens is 310 g/mol. The third kappa shape index (κ3) is 3.33. The average molecular weight is 329 g/mol. The van der Waals surface area contributed by atoms with Gasteiger partial charge >= 0.3 is 0 Å². The molecule has 0 fully saturated rings. The third-order valence-corrected chi connectivity index (χ3v) is 4.20. The van der Waals surface area contributed by atoms with Gasteiger partial charge < -0.3 is 10.5 Å². The van der Waals surface area contributed by atoms with E-state index in [2.05, 4.69) is 29.4 Å². The lowest BCUT2D eigenvalue weighted by Crippen LogP contribution is -2.02. The molecule has 0 aliphatic carbocycles. The van der Waals surface area contributed by atoms with Crippen LogP contribution in [0.3, 0.4) is 0 Å². The first-order chi connectivity index (χ1) is 12.3. The minimum Gasteiger partial charge on any atom is -0.489 e. The molecule has 0 bridgehead atoms. The Bertz CT molecular complexity index is 992. The van der Waals surface area contributed by atoms with Gasteiger partial charge in [-0.3, -0.25) is 4.68 Å². The maximum atomic E-state index is 6.01. The smallest absolute Gasteiger partial charge is 0.120 e. The Morgan fingerprint density at radius 3 is 2.56 bits per heavy atom. The van der Waals surface area contributed by atoms with E-state index in [4.69, 9.17) is 10.5 Å². The van der Waals surface area contributed by atoms with E-state index in [-0.39, 0.29) is 0 Å². The van der Waals surface area contributed by atoms with Crippen LogP contribution in [0.5, 0.6) is 5.75 Å². The van der Waals surface area contributed by atoms with Crippen molar-refractivity contribution in [2.24, 2.45) is 0 Å². The van der Waals surface area contributed by atoms with Gasteiger partial charge in [-0.05, 0) is 35.4 Å². The van der Waals surface area contributed by atoms with E-state index in [1.807, 2.05) is 59.4 Å². The fraction of sp³-hybridized carbons (Fsp3) is 0.0952. The molecular formula is C21H19N3O. The van der Waals surface area contributed by atoms with Gasteiger partial charge in [-0.2, -0.15) is 5.10 Å². The summed E-state index contributed by atoms with van der Waals surface area (Å²) in [7, 11) is 0. The molecule has 0 saturated carbocycles. The van der Waals surface area contributed by atoms with E-state index in [0.29, 0.717) is 13.2 Å². The molecule has 25 heavy (non-hydrogen) atoms. The van der Waals surface area contributed by atoms with Gasteiger partial charge in [-0.1, -0.05) is 48.5 Å². The maximum Gasteiger partial charge on any atom is 0.120 e. The summed E-state index contributed by atoms with van der Waals surface area (Å²) in [6, 6.07) is 24.2. The van der Waals surface area contributed by atoms with Crippen LogP contribution < -0.4 is 10.5 Å². The number of hydrogen-bond acceptors (Lipinski definition) is 3. The Balaban J connectivity index is 1.52. The van der Waals surface area contributed by atoms with Crippen LogP contribution in [0.15, 0.2) is 79.0 Å². The zero-order chi connectivity index (χ0) is 17.1. The van der Waals surface area contributed by atoms with Gasteiger partial charge in [0.15, 0.2) is 0 Å². The van der Waals surface area contributed by atoms with E-state index in [0.717, 1.165) is 33.5 Å². The molecule has 0 aliphatic heterocycles. The molecule has 4 nitrogen and oxygen atoms in total. The molecule has 1 heterocycles. The van der Waals surface area contributed by atoms with Crippen molar-refractivity contribution in [2.75, 3.05) is 5.73 Å². The first-order valence-electron chi connectivity index (χ1n) is 8.25. The molecule has 0 amide bonds. The van der Waals surface area contributed by atoms with Crippen LogP contribution in [-0.4, -0.2) is 9.78 Å². The number of nitrogens with zero attached hydrogens (tertiary/aromatic N) is 2. The Labute approximate surface area is 146 Å². The summed E-state index contributed by atoms with van der Waals surface area (Å²) in [4.78, 5) is 0. The molecule has 0 aliphatic rings. The molecule has 2 N–H and O–H groups in total. The van der Waals surface area contributed by atoms with Crippen LogP contribution in [0, 0.1) is 0 Å². The van der Waals surface area contributed by atoms with E-state index in [9.17, 15) is 0 Å². The highest BCUT2D eigenvalue weighted by molar-refractivity contribution is 5.90. The molecule has 0 radical (unpaired) electrons. The average Bonchev–Trinajstić information content (AvgIpc) is 3.06. The molecule has 124 valence electrons. The Morgan fingerprint density at radius 1 is 0.880 bits per heavy atom. The maximum absolute atomic E-state index is 6.01. The second kappa shape index (κ2) is 6.69. The zero-order valence-electron chi connectivity index (χ0n) is 13.8.